The first-order chi connectivity index (χ1) is 10.8. The fraction of sp³-hybridized carbons (Fsp3) is 0.188. The molecule has 0 amide bonds. The average molecular weight is 310 g/mol. The normalized spacial score (nSPS) is 13.8. The molecule has 22 heavy (non-hydrogen) atoms. The van der Waals surface area contributed by atoms with Crippen LogP contribution in [0.5, 0.6) is 0 Å². The number of rotatable bonds is 2. The van der Waals surface area contributed by atoms with Crippen LogP contribution in [0.15, 0.2) is 40.8 Å². The Hall–Kier alpha value is -2.31. The van der Waals surface area contributed by atoms with Crippen LogP contribution in [0.1, 0.15) is 11.3 Å². The van der Waals surface area contributed by atoms with Crippen molar-refractivity contribution < 1.29 is 0 Å². The minimum Gasteiger partial charge on any atom is -0.325 e. The number of thiazole rings is 1. The summed E-state index contributed by atoms with van der Waals surface area (Å²) in [5.41, 5.74) is 4.51. The SMILES string of the molecule is O=c1[nH]c2c(cc1-c1csc(-c3ccncc3)n1)CNCC2. The molecule has 0 atom stereocenters. The fourth-order valence-electron chi connectivity index (χ4n) is 2.64. The zero-order chi connectivity index (χ0) is 14.9. The van der Waals surface area contributed by atoms with Gasteiger partial charge in [-0.25, -0.2) is 4.98 Å². The molecule has 0 spiro atoms. The van der Waals surface area contributed by atoms with Crippen LogP contribution >= 0.6 is 11.3 Å². The molecule has 0 aliphatic carbocycles. The van der Waals surface area contributed by atoms with Crippen LogP contribution < -0.4 is 10.9 Å². The summed E-state index contributed by atoms with van der Waals surface area (Å²) < 4.78 is 0. The number of aromatic nitrogens is 3. The first-order valence-electron chi connectivity index (χ1n) is 7.13. The van der Waals surface area contributed by atoms with Gasteiger partial charge in [0.1, 0.15) is 5.01 Å². The predicted molar refractivity (Wildman–Crippen MR) is 86.8 cm³/mol. The molecule has 5 nitrogen and oxygen atoms in total. The number of aromatic amines is 1. The summed E-state index contributed by atoms with van der Waals surface area (Å²) in [6.45, 7) is 1.70. The lowest BCUT2D eigenvalue weighted by molar-refractivity contribution is 0.629. The Morgan fingerprint density at radius 3 is 2.95 bits per heavy atom. The molecule has 4 heterocycles. The van der Waals surface area contributed by atoms with E-state index in [1.807, 2.05) is 23.6 Å². The van der Waals surface area contributed by atoms with E-state index in [0.29, 0.717) is 5.56 Å². The van der Waals surface area contributed by atoms with E-state index in [-0.39, 0.29) is 5.56 Å². The number of fused-ring (bicyclic) bond motifs is 1. The predicted octanol–water partition coefficient (Wildman–Crippen LogP) is 2.21. The largest absolute Gasteiger partial charge is 0.325 e. The highest BCUT2D eigenvalue weighted by Gasteiger charge is 2.15. The maximum atomic E-state index is 12.3. The van der Waals surface area contributed by atoms with Gasteiger partial charge in [0.2, 0.25) is 0 Å². The maximum Gasteiger partial charge on any atom is 0.257 e. The van der Waals surface area contributed by atoms with Crippen molar-refractivity contribution in [1.29, 1.82) is 0 Å². The van der Waals surface area contributed by atoms with Crippen LogP contribution in [-0.4, -0.2) is 21.5 Å². The number of hydrogen-bond acceptors (Lipinski definition) is 5. The number of hydrogen-bond donors (Lipinski definition) is 2. The van der Waals surface area contributed by atoms with Gasteiger partial charge in [0.05, 0.1) is 11.3 Å². The van der Waals surface area contributed by atoms with Gasteiger partial charge in [-0.1, -0.05) is 0 Å². The second-order valence-corrected chi connectivity index (χ2v) is 6.07. The smallest absolute Gasteiger partial charge is 0.257 e. The summed E-state index contributed by atoms with van der Waals surface area (Å²) >= 11 is 1.54. The van der Waals surface area contributed by atoms with E-state index in [4.69, 9.17) is 0 Å². The molecule has 0 saturated heterocycles. The van der Waals surface area contributed by atoms with Crippen LogP contribution in [0.4, 0.5) is 0 Å². The van der Waals surface area contributed by atoms with E-state index in [9.17, 15) is 4.79 Å². The van der Waals surface area contributed by atoms with E-state index in [1.165, 1.54) is 11.3 Å². The van der Waals surface area contributed by atoms with Gasteiger partial charge in [0.25, 0.3) is 5.56 Å². The molecule has 110 valence electrons. The molecular weight excluding hydrogens is 296 g/mol. The van der Waals surface area contributed by atoms with Crippen molar-refractivity contribution in [2.45, 2.75) is 13.0 Å². The topological polar surface area (TPSA) is 70.7 Å². The third-order valence-electron chi connectivity index (χ3n) is 3.79. The van der Waals surface area contributed by atoms with Gasteiger partial charge in [0, 0.05) is 48.5 Å². The van der Waals surface area contributed by atoms with Gasteiger partial charge in [-0.05, 0) is 23.8 Å². The summed E-state index contributed by atoms with van der Waals surface area (Å²) in [6, 6.07) is 5.80. The summed E-state index contributed by atoms with van der Waals surface area (Å²) in [6.07, 6.45) is 4.35. The first-order valence-corrected chi connectivity index (χ1v) is 8.01. The number of pyridine rings is 2. The van der Waals surface area contributed by atoms with Crippen molar-refractivity contribution in [1.82, 2.24) is 20.3 Å². The van der Waals surface area contributed by atoms with Crippen LogP contribution in [-0.2, 0) is 13.0 Å². The number of nitrogens with zero attached hydrogens (tertiary/aromatic N) is 2. The quantitative estimate of drug-likeness (QED) is 0.761. The Bertz CT molecular complexity index is 869. The van der Waals surface area contributed by atoms with E-state index in [1.54, 1.807) is 12.4 Å². The average Bonchev–Trinajstić information content (AvgIpc) is 3.05. The standard InChI is InChI=1S/C16H14N4OS/c21-15-12(7-11-8-18-6-3-13(11)19-15)14-9-22-16(20-14)10-1-4-17-5-2-10/h1-2,4-5,7,9,18H,3,6,8H2,(H,19,21). The van der Waals surface area contributed by atoms with Gasteiger partial charge in [-0.3, -0.25) is 9.78 Å². The molecule has 2 N–H and O–H groups in total. The molecule has 0 fully saturated rings. The van der Waals surface area contributed by atoms with Gasteiger partial charge >= 0.3 is 0 Å². The summed E-state index contributed by atoms with van der Waals surface area (Å²) in [4.78, 5) is 23.9. The van der Waals surface area contributed by atoms with Gasteiger partial charge in [-0.2, -0.15) is 0 Å². The van der Waals surface area contributed by atoms with Crippen molar-refractivity contribution in [3.05, 3.63) is 57.6 Å². The van der Waals surface area contributed by atoms with Gasteiger partial charge in [0.15, 0.2) is 0 Å². The van der Waals surface area contributed by atoms with Crippen LogP contribution in [0.3, 0.4) is 0 Å². The minimum atomic E-state index is -0.0628. The Morgan fingerprint density at radius 1 is 1.23 bits per heavy atom. The Balaban J connectivity index is 1.77. The van der Waals surface area contributed by atoms with Crippen molar-refractivity contribution in [3.63, 3.8) is 0 Å². The number of nitrogens with one attached hydrogen (secondary N) is 2. The Kier molecular flexibility index (Phi) is 3.32. The van der Waals surface area contributed by atoms with Gasteiger partial charge < -0.3 is 10.3 Å². The molecule has 0 saturated carbocycles. The molecule has 4 rings (SSSR count). The van der Waals surface area contributed by atoms with Crippen molar-refractivity contribution in [2.75, 3.05) is 6.54 Å². The molecule has 1 aliphatic heterocycles. The lowest BCUT2D eigenvalue weighted by Gasteiger charge is -2.16. The Labute approximate surface area is 131 Å². The zero-order valence-electron chi connectivity index (χ0n) is 11.8. The minimum absolute atomic E-state index is 0.0628. The van der Waals surface area contributed by atoms with Crippen molar-refractivity contribution >= 4 is 11.3 Å². The maximum absolute atomic E-state index is 12.3. The molecule has 0 radical (unpaired) electrons. The monoisotopic (exact) mass is 310 g/mol. The van der Waals surface area contributed by atoms with E-state index in [2.05, 4.69) is 20.3 Å². The van der Waals surface area contributed by atoms with Crippen LogP contribution in [0, 0.1) is 0 Å². The molecular formula is C16H14N4OS. The third kappa shape index (κ3) is 2.36. The molecule has 3 aromatic rings. The lowest BCUT2D eigenvalue weighted by Crippen LogP contribution is -2.27. The molecule has 1 aliphatic rings. The second-order valence-electron chi connectivity index (χ2n) is 5.22. The molecule has 6 heteroatoms. The van der Waals surface area contributed by atoms with Crippen molar-refractivity contribution in [3.8, 4) is 21.8 Å². The molecule has 0 aromatic carbocycles. The third-order valence-corrected chi connectivity index (χ3v) is 4.68. The second kappa shape index (κ2) is 5.47. The van der Waals surface area contributed by atoms with E-state index < -0.39 is 0 Å². The summed E-state index contributed by atoms with van der Waals surface area (Å²) in [7, 11) is 0. The summed E-state index contributed by atoms with van der Waals surface area (Å²) in [5.74, 6) is 0. The summed E-state index contributed by atoms with van der Waals surface area (Å²) in [5, 5.41) is 6.15. The lowest BCUT2D eigenvalue weighted by atomic mass is 10.0. The first kappa shape index (κ1) is 13.4. The van der Waals surface area contributed by atoms with Crippen LogP contribution in [0.25, 0.3) is 21.8 Å². The van der Waals surface area contributed by atoms with E-state index in [0.717, 1.165) is 47.0 Å². The molecule has 0 bridgehead atoms. The number of H-pyrrole nitrogens is 1. The molecule has 0 unspecified atom stereocenters. The highest BCUT2D eigenvalue weighted by molar-refractivity contribution is 7.13. The van der Waals surface area contributed by atoms with E-state index >= 15 is 0 Å². The zero-order valence-corrected chi connectivity index (χ0v) is 12.6. The van der Waals surface area contributed by atoms with Crippen LogP contribution in [0.2, 0.25) is 0 Å². The van der Waals surface area contributed by atoms with Crippen molar-refractivity contribution in [2.24, 2.45) is 0 Å². The fourth-order valence-corrected chi connectivity index (χ4v) is 3.47. The Morgan fingerprint density at radius 2 is 2.09 bits per heavy atom. The molecule has 3 aromatic heterocycles. The van der Waals surface area contributed by atoms with Gasteiger partial charge in [-0.15, -0.1) is 11.3 Å². The highest BCUT2D eigenvalue weighted by atomic mass is 32.1. The highest BCUT2D eigenvalue weighted by Crippen LogP contribution is 2.27.